The molecule has 0 aromatic heterocycles. The largest absolute Gasteiger partial charge is 0.459 e. The molecule has 2 saturated heterocycles. The third-order valence-corrected chi connectivity index (χ3v) is 7.35. The van der Waals surface area contributed by atoms with Crippen LogP contribution >= 0.6 is 11.8 Å². The van der Waals surface area contributed by atoms with Gasteiger partial charge >= 0.3 is 5.97 Å². The van der Waals surface area contributed by atoms with Crippen LogP contribution in [0.25, 0.3) is 0 Å². The van der Waals surface area contributed by atoms with Crippen molar-refractivity contribution >= 4 is 35.5 Å². The smallest absolute Gasteiger partial charge is 0.330 e. The van der Waals surface area contributed by atoms with Gasteiger partial charge in [0.05, 0.1) is 4.92 Å². The van der Waals surface area contributed by atoms with Crippen LogP contribution in [-0.4, -0.2) is 56.9 Å². The van der Waals surface area contributed by atoms with Crippen LogP contribution in [0.2, 0.25) is 0 Å². The number of non-ortho nitro benzene ring substituents is 1. The zero-order valence-electron chi connectivity index (χ0n) is 18.3. The first-order valence-electron chi connectivity index (χ1n) is 10.3. The van der Waals surface area contributed by atoms with E-state index in [0.717, 1.165) is 5.56 Å². The second-order valence-electron chi connectivity index (χ2n) is 8.29. The lowest BCUT2D eigenvalue weighted by atomic mass is 9.93. The third kappa shape index (κ3) is 4.00. The van der Waals surface area contributed by atoms with Gasteiger partial charge in [0.1, 0.15) is 18.0 Å². The van der Waals surface area contributed by atoms with E-state index >= 15 is 0 Å². The highest BCUT2D eigenvalue weighted by Crippen LogP contribution is 2.56. The first-order valence-corrected chi connectivity index (χ1v) is 11.1. The molecule has 0 N–H and O–H groups in total. The first kappa shape index (κ1) is 22.9. The number of hydrogen-bond acceptors (Lipinski definition) is 8. The van der Waals surface area contributed by atoms with Crippen molar-refractivity contribution in [3.8, 4) is 0 Å². The molecule has 3 atom stereocenters. The summed E-state index contributed by atoms with van der Waals surface area (Å²) in [5.74, 6) is -0.899. The number of nitro groups is 1. The van der Waals surface area contributed by atoms with Crippen molar-refractivity contribution < 1.29 is 24.0 Å². The quantitative estimate of drug-likeness (QED) is 0.201. The number of thioether (sulfide) groups is 1. The van der Waals surface area contributed by atoms with Crippen LogP contribution in [-0.2, 0) is 25.7 Å². The Hall–Kier alpha value is -3.24. The monoisotopic (exact) mass is 469 g/mol. The van der Waals surface area contributed by atoms with E-state index in [1.54, 1.807) is 12.1 Å². The molecule has 2 aromatic carbocycles. The van der Waals surface area contributed by atoms with E-state index in [2.05, 4.69) is 4.99 Å². The van der Waals surface area contributed by atoms with Crippen LogP contribution in [0.1, 0.15) is 25.0 Å². The van der Waals surface area contributed by atoms with Gasteiger partial charge in [-0.25, -0.2) is 9.79 Å². The van der Waals surface area contributed by atoms with Crippen LogP contribution in [0.3, 0.4) is 0 Å². The van der Waals surface area contributed by atoms with Crippen molar-refractivity contribution in [1.29, 1.82) is 0 Å². The Labute approximate surface area is 194 Å². The van der Waals surface area contributed by atoms with Gasteiger partial charge in [0, 0.05) is 30.2 Å². The molecule has 0 aliphatic carbocycles. The fourth-order valence-electron chi connectivity index (χ4n) is 4.01. The fraction of sp³-hybridized carbons (Fsp3) is 0.348. The first-order chi connectivity index (χ1) is 15.7. The summed E-state index contributed by atoms with van der Waals surface area (Å²) in [5, 5.41) is 10.3. The minimum absolute atomic E-state index is 0.0375. The minimum atomic E-state index is -1.47. The van der Waals surface area contributed by atoms with Gasteiger partial charge in [-0.1, -0.05) is 30.3 Å². The summed E-state index contributed by atoms with van der Waals surface area (Å²) in [6, 6.07) is 14.4. The van der Waals surface area contributed by atoms with E-state index in [9.17, 15) is 19.7 Å². The number of carbonyl (C=O) groups is 2. The number of amides is 1. The molecule has 1 unspecified atom stereocenters. The highest BCUT2D eigenvalue weighted by atomic mass is 32.2. The fourth-order valence-corrected chi connectivity index (χ4v) is 5.68. The van der Waals surface area contributed by atoms with E-state index in [1.165, 1.54) is 42.1 Å². The van der Waals surface area contributed by atoms with Gasteiger partial charge in [-0.15, -0.1) is 11.8 Å². The summed E-state index contributed by atoms with van der Waals surface area (Å²) < 4.78 is 10.5. The number of esters is 1. The highest BCUT2D eigenvalue weighted by Gasteiger charge is 2.72. The predicted molar refractivity (Wildman–Crippen MR) is 123 cm³/mol. The molecule has 10 heteroatoms. The maximum Gasteiger partial charge on any atom is 0.330 e. The number of rotatable bonds is 7. The molecule has 0 bridgehead atoms. The van der Waals surface area contributed by atoms with Crippen LogP contribution in [0.5, 0.6) is 0 Å². The molecule has 0 radical (unpaired) electrons. The van der Waals surface area contributed by atoms with Crippen LogP contribution < -0.4 is 0 Å². The topological polar surface area (TPSA) is 111 Å². The van der Waals surface area contributed by atoms with Gasteiger partial charge in [0.15, 0.2) is 0 Å². The molecule has 0 saturated carbocycles. The summed E-state index contributed by atoms with van der Waals surface area (Å²) in [4.78, 5) is 42.4. The summed E-state index contributed by atoms with van der Waals surface area (Å²) >= 11 is 1.43. The molecule has 2 aliphatic heterocycles. The Bertz CT molecular complexity index is 1100. The standard InChI is InChI=1S/C23H23N3O6S/c1-22(2)18(19(27)32-14-16-7-5-4-6-8-16)25-20(28)23(31-3,21(25)33-22)24-13-15-9-11-17(12-10-15)26(29)30/h4-13,18,21H,14H2,1-3H3/b24-13+/t18-,21+,23?/m0/s1. The third-order valence-electron chi connectivity index (χ3n) is 5.75. The SMILES string of the molecule is COC1(/N=C/c2ccc([N+](=O)[O-])cc2)C(=O)N2[C@@H](C(=O)OCc3ccccc3)C(C)(C)S[C@@H]21. The van der Waals surface area contributed by atoms with Crippen molar-refractivity contribution in [3.05, 3.63) is 75.8 Å². The van der Waals surface area contributed by atoms with Crippen molar-refractivity contribution in [2.45, 2.75) is 42.3 Å². The number of β-lactam (4-membered cyclic amide) rings is 1. The van der Waals surface area contributed by atoms with E-state index in [-0.39, 0.29) is 12.3 Å². The van der Waals surface area contributed by atoms with Crippen molar-refractivity contribution in [3.63, 3.8) is 0 Å². The Morgan fingerprint density at radius 2 is 1.88 bits per heavy atom. The number of nitro benzene ring substituents is 1. The summed E-state index contributed by atoms with van der Waals surface area (Å²) in [5.41, 5.74) is -0.0634. The number of aliphatic imine (C=N–C) groups is 1. The number of hydrogen-bond donors (Lipinski definition) is 0. The summed E-state index contributed by atoms with van der Waals surface area (Å²) in [6.45, 7) is 3.90. The average Bonchev–Trinajstić information content (AvgIpc) is 3.07. The maximum absolute atomic E-state index is 13.2. The van der Waals surface area contributed by atoms with Crippen LogP contribution in [0.4, 0.5) is 5.69 Å². The van der Waals surface area contributed by atoms with Crippen molar-refractivity contribution in [1.82, 2.24) is 4.90 Å². The highest BCUT2D eigenvalue weighted by molar-refractivity contribution is 8.01. The van der Waals surface area contributed by atoms with E-state index in [0.29, 0.717) is 5.56 Å². The second-order valence-corrected chi connectivity index (χ2v) is 10.0. The van der Waals surface area contributed by atoms with Crippen molar-refractivity contribution in [2.75, 3.05) is 7.11 Å². The number of nitrogens with zero attached hydrogens (tertiary/aromatic N) is 3. The number of carbonyl (C=O) groups excluding carboxylic acids is 2. The maximum atomic E-state index is 13.2. The molecule has 2 fully saturated rings. The lowest BCUT2D eigenvalue weighted by Crippen LogP contribution is -2.73. The molecule has 9 nitrogen and oxygen atoms in total. The zero-order chi connectivity index (χ0) is 23.8. The molecule has 33 heavy (non-hydrogen) atoms. The minimum Gasteiger partial charge on any atom is -0.459 e. The lowest BCUT2D eigenvalue weighted by Gasteiger charge is -2.49. The van der Waals surface area contributed by atoms with Gasteiger partial charge < -0.3 is 14.4 Å². The van der Waals surface area contributed by atoms with E-state index in [4.69, 9.17) is 9.47 Å². The molecular weight excluding hydrogens is 446 g/mol. The number of fused-ring (bicyclic) bond motifs is 1. The van der Waals surface area contributed by atoms with Gasteiger partial charge in [-0.2, -0.15) is 0 Å². The number of benzene rings is 2. The van der Waals surface area contributed by atoms with E-state index < -0.39 is 38.7 Å². The van der Waals surface area contributed by atoms with Gasteiger partial charge in [-0.3, -0.25) is 14.9 Å². The van der Waals surface area contributed by atoms with E-state index in [1.807, 2.05) is 44.2 Å². The average molecular weight is 470 g/mol. The van der Waals surface area contributed by atoms with Crippen LogP contribution in [0.15, 0.2) is 59.6 Å². The molecule has 172 valence electrons. The Balaban J connectivity index is 1.52. The zero-order valence-corrected chi connectivity index (χ0v) is 19.2. The molecular formula is C23H23N3O6S. The molecule has 1 amide bonds. The Kier molecular flexibility index (Phi) is 5.98. The molecule has 0 spiro atoms. The van der Waals surface area contributed by atoms with Crippen molar-refractivity contribution in [2.24, 2.45) is 4.99 Å². The number of ether oxygens (including phenoxy) is 2. The molecule has 2 aromatic rings. The predicted octanol–water partition coefficient (Wildman–Crippen LogP) is 3.16. The molecule has 2 heterocycles. The van der Waals surface area contributed by atoms with Gasteiger partial charge in [-0.05, 0) is 37.1 Å². The summed E-state index contributed by atoms with van der Waals surface area (Å²) in [7, 11) is 1.40. The van der Waals surface area contributed by atoms with Gasteiger partial charge in [0.25, 0.3) is 17.3 Å². The molecule has 2 aliphatic rings. The Morgan fingerprint density at radius 1 is 1.21 bits per heavy atom. The molecule has 4 rings (SSSR count). The second kappa shape index (κ2) is 8.60. The lowest BCUT2D eigenvalue weighted by molar-refractivity contribution is -0.384. The normalized spacial score (nSPS) is 25.5. The van der Waals surface area contributed by atoms with Crippen LogP contribution in [0, 0.1) is 10.1 Å². The summed E-state index contributed by atoms with van der Waals surface area (Å²) in [6.07, 6.45) is 1.46. The Morgan fingerprint density at radius 3 is 2.48 bits per heavy atom. The van der Waals surface area contributed by atoms with Gasteiger partial charge in [0.2, 0.25) is 0 Å². The number of methoxy groups -OCH3 is 1.